The number of sulfonamides is 1. The van der Waals surface area contributed by atoms with Gasteiger partial charge in [0.1, 0.15) is 4.90 Å². The van der Waals surface area contributed by atoms with Gasteiger partial charge in [-0.2, -0.15) is 5.10 Å². The Hall–Kier alpha value is -4.51. The minimum absolute atomic E-state index is 0.0964. The highest BCUT2D eigenvalue weighted by atomic mass is 32.2. The number of nitro benzene ring substituents is 1. The Morgan fingerprint density at radius 2 is 1.77 bits per heavy atom. The van der Waals surface area contributed by atoms with Crippen molar-refractivity contribution in [2.75, 3.05) is 10.1 Å². The summed E-state index contributed by atoms with van der Waals surface area (Å²) in [5.74, 6) is 0. The van der Waals surface area contributed by atoms with Crippen molar-refractivity contribution in [3.05, 3.63) is 106 Å². The number of anilines is 2. The highest BCUT2D eigenvalue weighted by Gasteiger charge is 2.23. The first-order valence-corrected chi connectivity index (χ1v) is 12.0. The number of nitrogens with one attached hydrogen (secondary N) is 2. The lowest BCUT2D eigenvalue weighted by Crippen LogP contribution is -2.16. The van der Waals surface area contributed by atoms with Crippen LogP contribution in [0.3, 0.4) is 0 Å². The average molecular weight is 491 g/mol. The average Bonchev–Trinajstić information content (AvgIpc) is 3.36. The number of rotatable bonds is 8. The minimum atomic E-state index is -4.16. The quantitative estimate of drug-likeness (QED) is 0.210. The van der Waals surface area contributed by atoms with Crippen LogP contribution >= 0.6 is 0 Å². The van der Waals surface area contributed by atoms with Crippen molar-refractivity contribution in [2.24, 2.45) is 5.10 Å². The van der Waals surface area contributed by atoms with Crippen LogP contribution < -0.4 is 10.1 Å². The Morgan fingerprint density at radius 3 is 2.43 bits per heavy atom. The van der Waals surface area contributed by atoms with E-state index in [1.807, 2.05) is 48.0 Å². The second-order valence-electron chi connectivity index (χ2n) is 7.79. The molecule has 10 nitrogen and oxygen atoms in total. The normalized spacial score (nSPS) is 11.5. The molecule has 1 aromatic heterocycles. The predicted molar refractivity (Wildman–Crippen MR) is 135 cm³/mol. The molecule has 0 fully saturated rings. The summed E-state index contributed by atoms with van der Waals surface area (Å²) in [6.07, 6.45) is 6.72. The van der Waals surface area contributed by atoms with Gasteiger partial charge < -0.3 is 4.57 Å². The van der Waals surface area contributed by atoms with Gasteiger partial charge in [-0.15, -0.1) is 0 Å². The molecule has 4 rings (SSSR count). The predicted octanol–water partition coefficient (Wildman–Crippen LogP) is 4.64. The summed E-state index contributed by atoms with van der Waals surface area (Å²) < 4.78 is 30.7. The third kappa shape index (κ3) is 5.53. The highest BCUT2D eigenvalue weighted by molar-refractivity contribution is 7.92. The first kappa shape index (κ1) is 23.6. The second kappa shape index (κ2) is 9.77. The topological polar surface area (TPSA) is 132 Å². The summed E-state index contributed by atoms with van der Waals surface area (Å²) >= 11 is 0. The minimum Gasteiger partial charge on any atom is -0.306 e. The summed E-state index contributed by atoms with van der Waals surface area (Å²) in [5.41, 5.74) is 6.23. The van der Waals surface area contributed by atoms with Gasteiger partial charge in [0.05, 0.1) is 28.8 Å². The first-order valence-electron chi connectivity index (χ1n) is 10.5. The first-order chi connectivity index (χ1) is 16.7. The Morgan fingerprint density at radius 1 is 1.03 bits per heavy atom. The lowest BCUT2D eigenvalue weighted by Gasteiger charge is -2.14. The molecule has 0 saturated carbocycles. The molecule has 0 spiro atoms. The van der Waals surface area contributed by atoms with Gasteiger partial charge in [-0.3, -0.25) is 20.3 Å². The number of hydrogen-bond donors (Lipinski definition) is 2. The van der Waals surface area contributed by atoms with E-state index < -0.39 is 14.9 Å². The molecule has 2 N–H and O–H groups in total. The standard InChI is InChI=1S/C24H22N6O4S/c1-17-3-9-22(18(2)13-17)28-35(33,34)24-14-21(30(31)32)8-10-23(24)27-26-15-19-4-6-20(7-5-19)29-12-11-25-16-29/h3-16,27-28H,1-2H3/b26-15+. The molecule has 0 bridgehead atoms. The zero-order valence-corrected chi connectivity index (χ0v) is 19.7. The van der Waals surface area contributed by atoms with E-state index in [9.17, 15) is 18.5 Å². The van der Waals surface area contributed by atoms with Crippen LogP contribution in [-0.4, -0.2) is 29.1 Å². The summed E-state index contributed by atoms with van der Waals surface area (Å²) in [4.78, 5) is 14.4. The molecular formula is C24H22N6O4S. The lowest BCUT2D eigenvalue weighted by molar-refractivity contribution is -0.385. The molecule has 0 aliphatic rings. The molecule has 178 valence electrons. The van der Waals surface area contributed by atoms with Gasteiger partial charge in [0, 0.05) is 30.2 Å². The van der Waals surface area contributed by atoms with Crippen molar-refractivity contribution in [1.82, 2.24) is 9.55 Å². The monoisotopic (exact) mass is 490 g/mol. The Balaban J connectivity index is 1.59. The van der Waals surface area contributed by atoms with Crippen molar-refractivity contribution >= 4 is 33.3 Å². The number of non-ortho nitro benzene ring substituents is 1. The van der Waals surface area contributed by atoms with Gasteiger partial charge in [-0.05, 0) is 49.2 Å². The van der Waals surface area contributed by atoms with Crippen molar-refractivity contribution < 1.29 is 13.3 Å². The Bertz CT molecular complexity index is 1500. The number of aryl methyl sites for hydroxylation is 2. The molecule has 0 radical (unpaired) electrons. The molecular weight excluding hydrogens is 468 g/mol. The van der Waals surface area contributed by atoms with Crippen LogP contribution in [-0.2, 0) is 10.0 Å². The summed E-state index contributed by atoms with van der Waals surface area (Å²) in [5, 5.41) is 15.4. The van der Waals surface area contributed by atoms with Gasteiger partial charge >= 0.3 is 0 Å². The highest BCUT2D eigenvalue weighted by Crippen LogP contribution is 2.29. The van der Waals surface area contributed by atoms with E-state index in [2.05, 4.69) is 20.2 Å². The number of hydrogen-bond acceptors (Lipinski definition) is 7. The molecule has 0 aliphatic heterocycles. The van der Waals surface area contributed by atoms with E-state index in [1.165, 1.54) is 18.3 Å². The molecule has 3 aromatic carbocycles. The zero-order chi connectivity index (χ0) is 25.0. The van der Waals surface area contributed by atoms with Gasteiger partial charge in [-0.25, -0.2) is 13.4 Å². The van der Waals surface area contributed by atoms with Gasteiger partial charge in [0.15, 0.2) is 0 Å². The van der Waals surface area contributed by atoms with Gasteiger partial charge in [-0.1, -0.05) is 29.8 Å². The fourth-order valence-electron chi connectivity index (χ4n) is 3.39. The summed E-state index contributed by atoms with van der Waals surface area (Å²) in [6.45, 7) is 3.68. The molecule has 1 heterocycles. The molecule has 11 heteroatoms. The maximum atomic E-state index is 13.2. The number of benzene rings is 3. The van der Waals surface area contributed by atoms with Crippen molar-refractivity contribution in [3.63, 3.8) is 0 Å². The Labute approximate surface area is 202 Å². The van der Waals surface area contributed by atoms with E-state index >= 15 is 0 Å². The van der Waals surface area contributed by atoms with Crippen LogP contribution in [0.5, 0.6) is 0 Å². The fraction of sp³-hybridized carbons (Fsp3) is 0.0833. The van der Waals surface area contributed by atoms with Crippen molar-refractivity contribution in [2.45, 2.75) is 18.7 Å². The smallest absolute Gasteiger partial charge is 0.270 e. The zero-order valence-electron chi connectivity index (χ0n) is 18.9. The number of aromatic nitrogens is 2. The molecule has 0 aliphatic carbocycles. The van der Waals surface area contributed by atoms with Crippen LogP contribution in [0.4, 0.5) is 17.1 Å². The van der Waals surface area contributed by atoms with E-state index in [1.54, 1.807) is 31.6 Å². The van der Waals surface area contributed by atoms with E-state index in [4.69, 9.17) is 0 Å². The maximum Gasteiger partial charge on any atom is 0.270 e. The summed E-state index contributed by atoms with van der Waals surface area (Å²) in [6, 6.07) is 16.3. The van der Waals surface area contributed by atoms with Crippen LogP contribution in [0, 0.1) is 24.0 Å². The van der Waals surface area contributed by atoms with Crippen LogP contribution in [0.15, 0.2) is 89.4 Å². The van der Waals surface area contributed by atoms with Crippen molar-refractivity contribution in [1.29, 1.82) is 0 Å². The Kier molecular flexibility index (Phi) is 6.60. The SMILES string of the molecule is Cc1ccc(NS(=O)(=O)c2cc([N+](=O)[O-])ccc2N/N=C/c2ccc(-n3ccnc3)cc2)c(C)c1. The molecule has 0 atom stereocenters. The molecule has 0 amide bonds. The van der Waals surface area contributed by atoms with E-state index in [-0.39, 0.29) is 16.3 Å². The van der Waals surface area contributed by atoms with Crippen LogP contribution in [0.25, 0.3) is 5.69 Å². The number of imidazole rings is 1. The number of hydrazone groups is 1. The molecule has 0 unspecified atom stereocenters. The molecule has 0 saturated heterocycles. The van der Waals surface area contributed by atoms with Crippen molar-refractivity contribution in [3.8, 4) is 5.69 Å². The third-order valence-electron chi connectivity index (χ3n) is 5.19. The van der Waals surface area contributed by atoms with Gasteiger partial charge in [0.25, 0.3) is 15.7 Å². The molecule has 35 heavy (non-hydrogen) atoms. The maximum absolute atomic E-state index is 13.2. The number of nitrogens with zero attached hydrogens (tertiary/aromatic N) is 4. The third-order valence-corrected chi connectivity index (χ3v) is 6.59. The number of nitro groups is 1. The van der Waals surface area contributed by atoms with E-state index in [0.29, 0.717) is 5.69 Å². The second-order valence-corrected chi connectivity index (χ2v) is 9.44. The fourth-order valence-corrected chi connectivity index (χ4v) is 4.70. The summed E-state index contributed by atoms with van der Waals surface area (Å²) in [7, 11) is -4.16. The van der Waals surface area contributed by atoms with Crippen LogP contribution in [0.2, 0.25) is 0 Å². The van der Waals surface area contributed by atoms with E-state index in [0.717, 1.165) is 28.4 Å². The largest absolute Gasteiger partial charge is 0.306 e. The molecule has 4 aromatic rings. The van der Waals surface area contributed by atoms with Gasteiger partial charge in [0.2, 0.25) is 0 Å². The lowest BCUT2D eigenvalue weighted by atomic mass is 10.1. The van der Waals surface area contributed by atoms with Crippen LogP contribution in [0.1, 0.15) is 16.7 Å².